The molecule has 0 aromatic carbocycles. The topological polar surface area (TPSA) is 72.7 Å². The van der Waals surface area contributed by atoms with Crippen molar-refractivity contribution in [1.82, 2.24) is 14.3 Å². The Morgan fingerprint density at radius 3 is 2.68 bits per heavy atom. The van der Waals surface area contributed by atoms with Crippen LogP contribution in [0.15, 0.2) is 29.4 Å². The monoisotopic (exact) mass is 303 g/mol. The lowest BCUT2D eigenvalue weighted by Crippen LogP contribution is -2.34. The number of hydrogen-bond donors (Lipinski definition) is 1. The number of nitrogens with zero attached hydrogens (tertiary/aromatic N) is 2. The number of rotatable bonds is 3. The van der Waals surface area contributed by atoms with Gasteiger partial charge in [0.1, 0.15) is 5.65 Å². The van der Waals surface area contributed by atoms with Crippen molar-refractivity contribution in [3.63, 3.8) is 0 Å². The Hall–Kier alpha value is -1.15. The van der Waals surface area contributed by atoms with E-state index in [1.807, 2.05) is 0 Å². The summed E-state index contributed by atoms with van der Waals surface area (Å²) in [4.78, 5) is 11.1. The standard InChI is InChI=1S/C11H14ClN3O3S/c1-11(2,3)18-14-19(16,17)10-9(12)13-8-6-4-5-7-15(8)10/h4-7,14H,1-3H3. The van der Waals surface area contributed by atoms with E-state index in [2.05, 4.69) is 9.87 Å². The number of sulfonamides is 1. The number of aromatic nitrogens is 2. The van der Waals surface area contributed by atoms with Crippen LogP contribution in [-0.2, 0) is 14.9 Å². The minimum absolute atomic E-state index is 0.101. The molecule has 0 spiro atoms. The Morgan fingerprint density at radius 2 is 2.05 bits per heavy atom. The van der Waals surface area contributed by atoms with E-state index in [0.717, 1.165) is 0 Å². The maximum atomic E-state index is 12.2. The first-order chi connectivity index (χ1) is 8.71. The molecule has 6 nitrogen and oxygen atoms in total. The van der Waals surface area contributed by atoms with Gasteiger partial charge in [0.15, 0.2) is 10.2 Å². The predicted molar refractivity (Wildman–Crippen MR) is 71.4 cm³/mol. The highest BCUT2D eigenvalue weighted by Gasteiger charge is 2.26. The fraction of sp³-hybridized carbons (Fsp3) is 0.364. The summed E-state index contributed by atoms with van der Waals surface area (Å²) < 4.78 is 25.8. The molecule has 0 unspecified atom stereocenters. The van der Waals surface area contributed by atoms with Crippen LogP contribution in [0.2, 0.25) is 5.15 Å². The minimum atomic E-state index is -3.91. The molecule has 8 heteroatoms. The van der Waals surface area contributed by atoms with E-state index in [0.29, 0.717) is 5.65 Å². The van der Waals surface area contributed by atoms with Gasteiger partial charge >= 0.3 is 0 Å². The average molecular weight is 304 g/mol. The molecule has 2 rings (SSSR count). The van der Waals surface area contributed by atoms with Crippen molar-refractivity contribution in [1.29, 1.82) is 0 Å². The second-order valence-electron chi connectivity index (χ2n) is 4.94. The molecule has 0 bridgehead atoms. The third-order valence-electron chi connectivity index (χ3n) is 2.16. The Morgan fingerprint density at radius 1 is 1.37 bits per heavy atom. The van der Waals surface area contributed by atoms with Crippen molar-refractivity contribution >= 4 is 27.3 Å². The number of halogens is 1. The van der Waals surface area contributed by atoms with Crippen molar-refractivity contribution in [2.45, 2.75) is 31.4 Å². The van der Waals surface area contributed by atoms with Crippen LogP contribution >= 0.6 is 11.6 Å². The normalized spacial score (nSPS) is 13.1. The molecule has 0 fully saturated rings. The molecular formula is C11H14ClN3O3S. The molecule has 1 N–H and O–H groups in total. The highest BCUT2D eigenvalue weighted by Crippen LogP contribution is 2.22. The van der Waals surface area contributed by atoms with Crippen LogP contribution in [-0.4, -0.2) is 23.4 Å². The maximum Gasteiger partial charge on any atom is 0.281 e. The summed E-state index contributed by atoms with van der Waals surface area (Å²) in [6.07, 6.45) is 1.57. The van der Waals surface area contributed by atoms with Crippen molar-refractivity contribution < 1.29 is 13.3 Å². The zero-order chi connectivity index (χ0) is 14.3. The molecule has 0 atom stereocenters. The fourth-order valence-corrected chi connectivity index (χ4v) is 3.01. The Bertz CT molecular complexity index is 704. The lowest BCUT2D eigenvalue weighted by Gasteiger charge is -2.19. The van der Waals surface area contributed by atoms with Gasteiger partial charge in [-0.05, 0) is 32.9 Å². The minimum Gasteiger partial charge on any atom is -0.288 e. The third kappa shape index (κ3) is 3.06. The highest BCUT2D eigenvalue weighted by molar-refractivity contribution is 7.89. The summed E-state index contributed by atoms with van der Waals surface area (Å²) in [6, 6.07) is 5.10. The summed E-state index contributed by atoms with van der Waals surface area (Å²) in [5.74, 6) is 0. The molecule has 0 saturated heterocycles. The Kier molecular flexibility index (Phi) is 3.57. The van der Waals surface area contributed by atoms with Crippen LogP contribution in [0.4, 0.5) is 0 Å². The summed E-state index contributed by atoms with van der Waals surface area (Å²) in [7, 11) is -3.91. The summed E-state index contributed by atoms with van der Waals surface area (Å²) in [5, 5.41) is -0.245. The van der Waals surface area contributed by atoms with Crippen LogP contribution in [0.3, 0.4) is 0 Å². The molecular weight excluding hydrogens is 290 g/mol. The van der Waals surface area contributed by atoms with Crippen LogP contribution in [0.25, 0.3) is 5.65 Å². The molecule has 2 aromatic rings. The van der Waals surface area contributed by atoms with Gasteiger partial charge in [-0.2, -0.15) is 0 Å². The zero-order valence-corrected chi connectivity index (χ0v) is 12.3. The van der Waals surface area contributed by atoms with Crippen LogP contribution in [0.5, 0.6) is 0 Å². The SMILES string of the molecule is CC(C)(C)ONS(=O)(=O)c1c(Cl)nc2ccccn12. The second kappa shape index (κ2) is 4.75. The van der Waals surface area contributed by atoms with Crippen LogP contribution < -0.4 is 4.89 Å². The van der Waals surface area contributed by atoms with E-state index in [9.17, 15) is 8.42 Å². The number of imidazole rings is 1. The van der Waals surface area contributed by atoms with E-state index in [4.69, 9.17) is 16.4 Å². The summed E-state index contributed by atoms with van der Waals surface area (Å²) in [6.45, 7) is 5.18. The zero-order valence-electron chi connectivity index (χ0n) is 10.7. The smallest absolute Gasteiger partial charge is 0.281 e. The first kappa shape index (κ1) is 14.3. The molecule has 0 amide bonds. The number of hydrogen-bond acceptors (Lipinski definition) is 4. The molecule has 0 aliphatic heterocycles. The molecule has 2 aromatic heterocycles. The van der Waals surface area contributed by atoms with Gasteiger partial charge in [-0.1, -0.05) is 22.6 Å². The quantitative estimate of drug-likeness (QED) is 0.880. The number of fused-ring (bicyclic) bond motifs is 1. The van der Waals surface area contributed by atoms with E-state index in [1.165, 1.54) is 4.40 Å². The second-order valence-corrected chi connectivity index (χ2v) is 6.86. The summed E-state index contributed by atoms with van der Waals surface area (Å²) >= 11 is 5.90. The van der Waals surface area contributed by atoms with Gasteiger partial charge in [0.2, 0.25) is 0 Å². The fourth-order valence-electron chi connectivity index (χ4n) is 1.40. The highest BCUT2D eigenvalue weighted by atomic mass is 35.5. The van der Waals surface area contributed by atoms with Gasteiger partial charge < -0.3 is 0 Å². The average Bonchev–Trinajstić information content (AvgIpc) is 2.62. The number of nitrogens with one attached hydrogen (secondary N) is 1. The van der Waals surface area contributed by atoms with Crippen molar-refractivity contribution in [3.8, 4) is 0 Å². The van der Waals surface area contributed by atoms with Gasteiger partial charge in [0.05, 0.1) is 5.60 Å². The van der Waals surface area contributed by atoms with Crippen molar-refractivity contribution in [2.75, 3.05) is 0 Å². The van der Waals surface area contributed by atoms with Gasteiger partial charge in [-0.15, -0.1) is 0 Å². The largest absolute Gasteiger partial charge is 0.288 e. The van der Waals surface area contributed by atoms with E-state index < -0.39 is 15.6 Å². The van der Waals surface area contributed by atoms with E-state index in [1.54, 1.807) is 45.2 Å². The van der Waals surface area contributed by atoms with Gasteiger partial charge in [0, 0.05) is 6.20 Å². The molecule has 0 aliphatic rings. The van der Waals surface area contributed by atoms with Gasteiger partial charge in [0.25, 0.3) is 10.0 Å². The molecule has 0 aliphatic carbocycles. The molecule has 2 heterocycles. The summed E-state index contributed by atoms with van der Waals surface area (Å²) in [5.41, 5.74) is -0.205. The predicted octanol–water partition coefficient (Wildman–Crippen LogP) is 2.00. The lowest BCUT2D eigenvalue weighted by molar-refractivity contribution is -0.0358. The van der Waals surface area contributed by atoms with Crippen molar-refractivity contribution in [2.24, 2.45) is 0 Å². The maximum absolute atomic E-state index is 12.2. The van der Waals surface area contributed by atoms with Gasteiger partial charge in [-0.25, -0.2) is 13.4 Å². The molecule has 0 saturated carbocycles. The Labute approximate surface area is 116 Å². The van der Waals surface area contributed by atoms with E-state index in [-0.39, 0.29) is 10.2 Å². The molecule has 104 valence electrons. The van der Waals surface area contributed by atoms with Crippen LogP contribution in [0.1, 0.15) is 20.8 Å². The van der Waals surface area contributed by atoms with Gasteiger partial charge in [-0.3, -0.25) is 9.24 Å². The molecule has 19 heavy (non-hydrogen) atoms. The lowest BCUT2D eigenvalue weighted by atomic mass is 10.2. The third-order valence-corrected chi connectivity index (χ3v) is 3.74. The first-order valence-electron chi connectivity index (χ1n) is 5.53. The molecule has 0 radical (unpaired) electrons. The number of pyridine rings is 1. The van der Waals surface area contributed by atoms with Crippen LogP contribution in [0, 0.1) is 0 Å². The Balaban J connectivity index is 2.46. The first-order valence-corrected chi connectivity index (χ1v) is 7.39. The van der Waals surface area contributed by atoms with E-state index >= 15 is 0 Å². The van der Waals surface area contributed by atoms with Crippen molar-refractivity contribution in [3.05, 3.63) is 29.5 Å².